The van der Waals surface area contributed by atoms with Crippen LogP contribution in [0.2, 0.25) is 0 Å². The van der Waals surface area contributed by atoms with Crippen LogP contribution < -0.4 is 5.32 Å². The van der Waals surface area contributed by atoms with Crippen molar-refractivity contribution < 1.29 is 18.0 Å². The summed E-state index contributed by atoms with van der Waals surface area (Å²) in [7, 11) is 0. The van der Waals surface area contributed by atoms with Gasteiger partial charge < -0.3 is 5.32 Å². The quantitative estimate of drug-likeness (QED) is 0.649. The summed E-state index contributed by atoms with van der Waals surface area (Å²) in [5, 5.41) is 2.84. The molecule has 0 saturated carbocycles. The number of benzene rings is 2. The van der Waals surface area contributed by atoms with Gasteiger partial charge in [-0.15, -0.1) is 0 Å². The van der Waals surface area contributed by atoms with Gasteiger partial charge in [-0.05, 0) is 43.2 Å². The van der Waals surface area contributed by atoms with E-state index in [4.69, 9.17) is 0 Å². The van der Waals surface area contributed by atoms with Crippen LogP contribution >= 0.6 is 0 Å². The molecular formula is C21H17F3N2O. The first-order valence-corrected chi connectivity index (χ1v) is 8.27. The molecule has 1 amide bonds. The molecule has 2 aromatic carbocycles. The molecule has 6 heteroatoms. The molecule has 3 nitrogen and oxygen atoms in total. The van der Waals surface area contributed by atoms with E-state index < -0.39 is 11.7 Å². The van der Waals surface area contributed by atoms with Crippen molar-refractivity contribution in [3.8, 4) is 11.3 Å². The zero-order valence-corrected chi connectivity index (χ0v) is 14.8. The summed E-state index contributed by atoms with van der Waals surface area (Å²) >= 11 is 0. The van der Waals surface area contributed by atoms with Crippen molar-refractivity contribution in [3.05, 3.63) is 83.0 Å². The molecule has 0 radical (unpaired) electrons. The van der Waals surface area contributed by atoms with Gasteiger partial charge in [-0.3, -0.25) is 9.78 Å². The largest absolute Gasteiger partial charge is 0.417 e. The second-order valence-electron chi connectivity index (χ2n) is 6.20. The Kier molecular flexibility index (Phi) is 4.99. The number of hydrogen-bond acceptors (Lipinski definition) is 2. The summed E-state index contributed by atoms with van der Waals surface area (Å²) in [6.07, 6.45) is -3.64. The third kappa shape index (κ3) is 4.00. The maximum atomic E-state index is 12.9. The molecule has 0 aliphatic carbocycles. The Morgan fingerprint density at radius 3 is 2.30 bits per heavy atom. The van der Waals surface area contributed by atoms with E-state index in [2.05, 4.69) is 10.3 Å². The van der Waals surface area contributed by atoms with E-state index in [0.29, 0.717) is 28.1 Å². The molecule has 0 unspecified atom stereocenters. The molecule has 0 aliphatic heterocycles. The highest BCUT2D eigenvalue weighted by molar-refractivity contribution is 6.07. The molecule has 27 heavy (non-hydrogen) atoms. The van der Waals surface area contributed by atoms with Crippen molar-refractivity contribution in [2.75, 3.05) is 5.32 Å². The van der Waals surface area contributed by atoms with Crippen molar-refractivity contribution in [1.82, 2.24) is 4.98 Å². The number of halogens is 3. The smallest absolute Gasteiger partial charge is 0.321 e. The third-order valence-electron chi connectivity index (χ3n) is 4.23. The summed E-state index contributed by atoms with van der Waals surface area (Å²) in [5.41, 5.74) is 2.38. The van der Waals surface area contributed by atoms with Gasteiger partial charge in [0.2, 0.25) is 0 Å². The molecule has 1 aromatic heterocycles. The molecule has 0 atom stereocenters. The lowest BCUT2D eigenvalue weighted by molar-refractivity contribution is -0.137. The minimum atomic E-state index is -4.45. The molecule has 1 N–H and O–H groups in total. The Labute approximate surface area is 154 Å². The molecule has 3 aromatic rings. The number of nitrogens with zero attached hydrogens (tertiary/aromatic N) is 1. The number of aryl methyl sites for hydroxylation is 2. The van der Waals surface area contributed by atoms with E-state index in [0.717, 1.165) is 17.8 Å². The fourth-order valence-electron chi connectivity index (χ4n) is 2.83. The van der Waals surface area contributed by atoms with Gasteiger partial charge in [0.05, 0.1) is 16.9 Å². The third-order valence-corrected chi connectivity index (χ3v) is 4.23. The van der Waals surface area contributed by atoms with Crippen LogP contribution in [0.15, 0.2) is 60.8 Å². The molecule has 0 bridgehead atoms. The van der Waals surface area contributed by atoms with Gasteiger partial charge in [-0.2, -0.15) is 13.2 Å². The van der Waals surface area contributed by atoms with E-state index in [1.165, 1.54) is 0 Å². The summed E-state index contributed by atoms with van der Waals surface area (Å²) in [6.45, 7) is 3.40. The molecular weight excluding hydrogens is 353 g/mol. The van der Waals surface area contributed by atoms with Gasteiger partial charge in [0.25, 0.3) is 5.91 Å². The molecule has 0 spiro atoms. The van der Waals surface area contributed by atoms with E-state index in [-0.39, 0.29) is 5.91 Å². The van der Waals surface area contributed by atoms with E-state index in [1.54, 1.807) is 43.3 Å². The lowest BCUT2D eigenvalue weighted by Crippen LogP contribution is -2.14. The lowest BCUT2D eigenvalue weighted by atomic mass is 10.0. The first-order valence-electron chi connectivity index (χ1n) is 8.27. The number of para-hydroxylation sites is 1. The van der Waals surface area contributed by atoms with E-state index in [9.17, 15) is 18.0 Å². The molecule has 1 heterocycles. The number of rotatable bonds is 3. The summed E-state index contributed by atoms with van der Waals surface area (Å²) in [4.78, 5) is 16.6. The number of hydrogen-bond donors (Lipinski definition) is 1. The second kappa shape index (κ2) is 7.23. The highest BCUT2D eigenvalue weighted by atomic mass is 19.4. The lowest BCUT2D eigenvalue weighted by Gasteiger charge is -2.14. The van der Waals surface area contributed by atoms with Gasteiger partial charge >= 0.3 is 6.18 Å². The van der Waals surface area contributed by atoms with Crippen molar-refractivity contribution >= 4 is 11.6 Å². The van der Waals surface area contributed by atoms with Gasteiger partial charge in [0, 0.05) is 17.3 Å². The Morgan fingerprint density at radius 1 is 0.963 bits per heavy atom. The average molecular weight is 370 g/mol. The number of nitrogens with one attached hydrogen (secondary N) is 1. The topological polar surface area (TPSA) is 42.0 Å². The highest BCUT2D eigenvalue weighted by Crippen LogP contribution is 2.34. The standard InChI is InChI=1S/C21H17F3N2O/c1-13-7-3-4-8-16(13)20(27)26-18-10-6-5-9-17(18)19-14(2)11-15(12-25-19)21(22,23)24/h3-12H,1-2H3,(H,26,27). The van der Waals surface area contributed by atoms with Crippen LogP contribution in [0.5, 0.6) is 0 Å². The Bertz CT molecular complexity index is 997. The van der Waals surface area contributed by atoms with Crippen LogP contribution in [0.3, 0.4) is 0 Å². The fraction of sp³-hybridized carbons (Fsp3) is 0.143. The number of aromatic nitrogens is 1. The van der Waals surface area contributed by atoms with E-state index >= 15 is 0 Å². The zero-order chi connectivity index (χ0) is 19.6. The maximum absolute atomic E-state index is 12.9. The predicted octanol–water partition coefficient (Wildman–Crippen LogP) is 5.64. The average Bonchev–Trinajstić information content (AvgIpc) is 2.62. The number of carbonyl (C=O) groups excluding carboxylic acids is 1. The summed E-state index contributed by atoms with van der Waals surface area (Å²) in [5.74, 6) is -0.287. The molecule has 0 aliphatic rings. The minimum absolute atomic E-state index is 0.287. The normalized spacial score (nSPS) is 11.3. The summed E-state index contributed by atoms with van der Waals surface area (Å²) in [6, 6.07) is 15.1. The Balaban J connectivity index is 1.98. The SMILES string of the molecule is Cc1ccccc1C(=O)Nc1ccccc1-c1ncc(C(F)(F)F)cc1C. The van der Waals surface area contributed by atoms with Gasteiger partial charge in [0.1, 0.15) is 0 Å². The molecule has 0 fully saturated rings. The Hall–Kier alpha value is -3.15. The van der Waals surface area contributed by atoms with Gasteiger partial charge in [-0.1, -0.05) is 36.4 Å². The highest BCUT2D eigenvalue weighted by Gasteiger charge is 2.31. The predicted molar refractivity (Wildman–Crippen MR) is 98.5 cm³/mol. The maximum Gasteiger partial charge on any atom is 0.417 e. The monoisotopic (exact) mass is 370 g/mol. The van der Waals surface area contributed by atoms with Crippen molar-refractivity contribution in [3.63, 3.8) is 0 Å². The van der Waals surface area contributed by atoms with Crippen molar-refractivity contribution in [1.29, 1.82) is 0 Å². The number of alkyl halides is 3. The first-order chi connectivity index (χ1) is 12.8. The van der Waals surface area contributed by atoms with Crippen LogP contribution in [-0.2, 0) is 6.18 Å². The summed E-state index contributed by atoms with van der Waals surface area (Å²) < 4.78 is 38.6. The number of amides is 1. The van der Waals surface area contributed by atoms with Crippen molar-refractivity contribution in [2.24, 2.45) is 0 Å². The van der Waals surface area contributed by atoms with Crippen LogP contribution in [0.25, 0.3) is 11.3 Å². The molecule has 0 saturated heterocycles. The zero-order valence-electron chi connectivity index (χ0n) is 14.8. The number of pyridine rings is 1. The first kappa shape index (κ1) is 18.6. The van der Waals surface area contributed by atoms with E-state index in [1.807, 2.05) is 19.1 Å². The second-order valence-corrected chi connectivity index (χ2v) is 6.20. The van der Waals surface area contributed by atoms with Crippen LogP contribution in [-0.4, -0.2) is 10.9 Å². The van der Waals surface area contributed by atoms with Crippen LogP contribution in [0, 0.1) is 13.8 Å². The van der Waals surface area contributed by atoms with Gasteiger partial charge in [0.15, 0.2) is 0 Å². The van der Waals surface area contributed by atoms with Gasteiger partial charge in [-0.25, -0.2) is 0 Å². The number of carbonyl (C=O) groups is 1. The minimum Gasteiger partial charge on any atom is -0.321 e. The molecule has 138 valence electrons. The number of anilines is 1. The fourth-order valence-corrected chi connectivity index (χ4v) is 2.83. The molecule has 3 rings (SSSR count). The van der Waals surface area contributed by atoms with Crippen LogP contribution in [0.4, 0.5) is 18.9 Å². The Morgan fingerprint density at radius 2 is 1.63 bits per heavy atom. The van der Waals surface area contributed by atoms with Crippen LogP contribution in [0.1, 0.15) is 27.0 Å². The van der Waals surface area contributed by atoms with Crippen molar-refractivity contribution in [2.45, 2.75) is 20.0 Å².